The normalized spacial score (nSPS) is 20.7. The fourth-order valence-electron chi connectivity index (χ4n) is 2.76. The number of carboxylic acids is 1. The lowest BCUT2D eigenvalue weighted by Gasteiger charge is -2.20. The van der Waals surface area contributed by atoms with E-state index in [0.29, 0.717) is 18.5 Å². The molecule has 1 aromatic heterocycles. The first-order valence-electron chi connectivity index (χ1n) is 7.44. The molecule has 1 N–H and O–H groups in total. The molecule has 0 spiro atoms. The lowest BCUT2D eigenvalue weighted by atomic mass is 9.90. The molecule has 120 valence electrons. The minimum atomic E-state index is -0.848. The number of nitrogens with zero attached hydrogens (tertiary/aromatic N) is 2. The van der Waals surface area contributed by atoms with Gasteiger partial charge in [-0.3, -0.25) is 9.59 Å². The minimum absolute atomic E-state index is 0.120. The Kier molecular flexibility index (Phi) is 3.93. The zero-order valence-corrected chi connectivity index (χ0v) is 13.9. The molecule has 5 nitrogen and oxygen atoms in total. The van der Waals surface area contributed by atoms with Gasteiger partial charge in [0.1, 0.15) is 5.01 Å². The minimum Gasteiger partial charge on any atom is -0.481 e. The van der Waals surface area contributed by atoms with E-state index in [1.807, 2.05) is 30.5 Å². The first kappa shape index (κ1) is 15.7. The van der Waals surface area contributed by atoms with Crippen LogP contribution in [0.5, 0.6) is 0 Å². The summed E-state index contributed by atoms with van der Waals surface area (Å²) in [7, 11) is 0. The molecule has 3 rings (SSSR count). The number of thiazole rings is 1. The molecule has 1 aromatic carbocycles. The van der Waals surface area contributed by atoms with Gasteiger partial charge in [-0.05, 0) is 32.4 Å². The zero-order chi connectivity index (χ0) is 16.6. The van der Waals surface area contributed by atoms with Gasteiger partial charge in [0, 0.05) is 35.3 Å². The van der Waals surface area contributed by atoms with Gasteiger partial charge in [0.05, 0.1) is 5.41 Å². The smallest absolute Gasteiger partial charge is 0.311 e. The Hall–Kier alpha value is -2.21. The lowest BCUT2D eigenvalue weighted by Crippen LogP contribution is -2.34. The summed E-state index contributed by atoms with van der Waals surface area (Å²) in [6.07, 6.45) is 0.486. The number of carboxylic acid groups (broad SMARTS) is 1. The van der Waals surface area contributed by atoms with Crippen LogP contribution < -0.4 is 0 Å². The summed E-state index contributed by atoms with van der Waals surface area (Å²) in [5, 5.41) is 12.2. The van der Waals surface area contributed by atoms with E-state index in [1.54, 1.807) is 29.2 Å². The Bertz CT molecular complexity index is 771. The Morgan fingerprint density at radius 2 is 2.17 bits per heavy atom. The van der Waals surface area contributed by atoms with Crippen molar-refractivity contribution in [2.24, 2.45) is 5.41 Å². The van der Waals surface area contributed by atoms with Crippen LogP contribution in [0.4, 0.5) is 0 Å². The van der Waals surface area contributed by atoms with E-state index in [-0.39, 0.29) is 12.5 Å². The van der Waals surface area contributed by atoms with Gasteiger partial charge in [-0.1, -0.05) is 12.1 Å². The molecule has 1 amide bonds. The lowest BCUT2D eigenvalue weighted by molar-refractivity contribution is -0.147. The summed E-state index contributed by atoms with van der Waals surface area (Å²) in [5.41, 5.74) is 1.59. The monoisotopic (exact) mass is 330 g/mol. The molecule has 2 heterocycles. The highest BCUT2D eigenvalue weighted by Crippen LogP contribution is 2.31. The quantitative estimate of drug-likeness (QED) is 0.939. The molecule has 1 saturated heterocycles. The van der Waals surface area contributed by atoms with Crippen molar-refractivity contribution in [3.05, 3.63) is 40.9 Å². The number of hydrogen-bond donors (Lipinski definition) is 1. The van der Waals surface area contributed by atoms with Crippen LogP contribution in [-0.2, 0) is 4.79 Å². The van der Waals surface area contributed by atoms with Crippen LogP contribution in [-0.4, -0.2) is 40.0 Å². The average Bonchev–Trinajstić information content (AvgIpc) is 3.14. The molecule has 0 radical (unpaired) electrons. The van der Waals surface area contributed by atoms with E-state index >= 15 is 0 Å². The van der Waals surface area contributed by atoms with Crippen LogP contribution in [0.25, 0.3) is 10.6 Å². The molecule has 6 heteroatoms. The largest absolute Gasteiger partial charge is 0.481 e. The van der Waals surface area contributed by atoms with Crippen LogP contribution in [0.2, 0.25) is 0 Å². The van der Waals surface area contributed by atoms with Crippen LogP contribution in [0.15, 0.2) is 29.6 Å². The van der Waals surface area contributed by atoms with Crippen LogP contribution in [0.3, 0.4) is 0 Å². The van der Waals surface area contributed by atoms with Crippen LogP contribution >= 0.6 is 11.3 Å². The van der Waals surface area contributed by atoms with E-state index < -0.39 is 11.4 Å². The highest BCUT2D eigenvalue weighted by molar-refractivity contribution is 7.13. The third-order valence-corrected chi connectivity index (χ3v) is 5.26. The van der Waals surface area contributed by atoms with Crippen molar-refractivity contribution in [1.82, 2.24) is 9.88 Å². The molecule has 1 aliphatic heterocycles. The fourth-order valence-corrected chi connectivity index (χ4v) is 3.56. The predicted molar refractivity (Wildman–Crippen MR) is 88.6 cm³/mol. The number of carbonyl (C=O) groups is 2. The van der Waals surface area contributed by atoms with E-state index in [9.17, 15) is 14.7 Å². The molecule has 2 aromatic rings. The topological polar surface area (TPSA) is 70.5 Å². The summed E-state index contributed by atoms with van der Waals surface area (Å²) in [6.45, 7) is 4.35. The van der Waals surface area contributed by atoms with Gasteiger partial charge < -0.3 is 10.0 Å². The number of aromatic nitrogens is 1. The SMILES string of the molecule is Cc1csc(-c2cccc(C(=O)N3CCC(C)(C(=O)O)C3)c2)n1. The molecule has 1 atom stereocenters. The average molecular weight is 330 g/mol. The second kappa shape index (κ2) is 5.77. The predicted octanol–water partition coefficient (Wildman–Crippen LogP) is 3.06. The van der Waals surface area contributed by atoms with Gasteiger partial charge >= 0.3 is 5.97 Å². The number of hydrogen-bond acceptors (Lipinski definition) is 4. The molecule has 0 saturated carbocycles. The number of aryl methyl sites for hydroxylation is 1. The van der Waals surface area contributed by atoms with Crippen molar-refractivity contribution >= 4 is 23.2 Å². The Balaban J connectivity index is 1.82. The Labute approximate surface area is 138 Å². The summed E-state index contributed by atoms with van der Waals surface area (Å²) in [6, 6.07) is 7.37. The molecule has 1 unspecified atom stereocenters. The number of benzene rings is 1. The number of rotatable bonds is 3. The first-order valence-corrected chi connectivity index (χ1v) is 8.32. The highest BCUT2D eigenvalue weighted by atomic mass is 32.1. The van der Waals surface area contributed by atoms with E-state index in [0.717, 1.165) is 16.3 Å². The zero-order valence-electron chi connectivity index (χ0n) is 13.1. The van der Waals surface area contributed by atoms with Gasteiger partial charge in [-0.2, -0.15) is 0 Å². The third-order valence-electron chi connectivity index (χ3n) is 4.25. The maximum Gasteiger partial charge on any atom is 0.311 e. The van der Waals surface area contributed by atoms with Crippen molar-refractivity contribution in [2.45, 2.75) is 20.3 Å². The standard InChI is InChI=1S/C17H18N2O3S/c1-11-9-23-14(18-11)12-4-3-5-13(8-12)15(20)19-7-6-17(2,10-19)16(21)22/h3-5,8-9H,6-7,10H2,1-2H3,(H,21,22). The summed E-state index contributed by atoms with van der Waals surface area (Å²) in [4.78, 5) is 30.1. The van der Waals surface area contributed by atoms with Gasteiger partial charge in [-0.25, -0.2) is 4.98 Å². The maximum absolute atomic E-state index is 12.7. The number of amides is 1. The highest BCUT2D eigenvalue weighted by Gasteiger charge is 2.42. The van der Waals surface area contributed by atoms with Gasteiger partial charge in [0.25, 0.3) is 5.91 Å². The molecular formula is C17H18N2O3S. The number of likely N-dealkylation sites (tertiary alicyclic amines) is 1. The van der Waals surface area contributed by atoms with Crippen molar-refractivity contribution in [2.75, 3.05) is 13.1 Å². The summed E-state index contributed by atoms with van der Waals surface area (Å²) < 4.78 is 0. The second-order valence-corrected chi connectivity index (χ2v) is 7.08. The fraction of sp³-hybridized carbons (Fsp3) is 0.353. The summed E-state index contributed by atoms with van der Waals surface area (Å²) >= 11 is 1.55. The molecular weight excluding hydrogens is 312 g/mol. The molecule has 23 heavy (non-hydrogen) atoms. The van der Waals surface area contributed by atoms with E-state index in [4.69, 9.17) is 0 Å². The van der Waals surface area contributed by atoms with Crippen molar-refractivity contribution in [3.8, 4) is 10.6 Å². The molecule has 1 fully saturated rings. The van der Waals surface area contributed by atoms with Gasteiger partial charge in [0.2, 0.25) is 0 Å². The van der Waals surface area contributed by atoms with Crippen molar-refractivity contribution in [1.29, 1.82) is 0 Å². The van der Waals surface area contributed by atoms with E-state index in [2.05, 4.69) is 4.98 Å². The van der Waals surface area contributed by atoms with Gasteiger partial charge in [-0.15, -0.1) is 11.3 Å². The Morgan fingerprint density at radius 3 is 2.78 bits per heavy atom. The number of aliphatic carboxylic acids is 1. The summed E-state index contributed by atoms with van der Waals surface area (Å²) in [5.74, 6) is -0.968. The second-order valence-electron chi connectivity index (χ2n) is 6.22. The van der Waals surface area contributed by atoms with Crippen LogP contribution in [0, 0.1) is 12.3 Å². The number of carbonyl (C=O) groups excluding carboxylic acids is 1. The molecule has 0 aliphatic carbocycles. The van der Waals surface area contributed by atoms with E-state index in [1.165, 1.54) is 0 Å². The van der Waals surface area contributed by atoms with Crippen molar-refractivity contribution < 1.29 is 14.7 Å². The van der Waals surface area contributed by atoms with Crippen LogP contribution in [0.1, 0.15) is 29.4 Å². The first-order chi connectivity index (χ1) is 10.9. The maximum atomic E-state index is 12.7. The third kappa shape index (κ3) is 2.99. The van der Waals surface area contributed by atoms with Gasteiger partial charge in [0.15, 0.2) is 0 Å². The van der Waals surface area contributed by atoms with Crippen molar-refractivity contribution in [3.63, 3.8) is 0 Å². The molecule has 1 aliphatic rings. The Morgan fingerprint density at radius 1 is 1.39 bits per heavy atom. The molecule has 0 bridgehead atoms.